The maximum atomic E-state index is 13.0. The molecule has 0 fully saturated rings. The van der Waals surface area contributed by atoms with Crippen LogP contribution in [0.5, 0.6) is 0 Å². The molecule has 1 unspecified atom stereocenters. The van der Waals surface area contributed by atoms with Crippen LogP contribution in [0.4, 0.5) is 4.39 Å². The lowest BCUT2D eigenvalue weighted by molar-refractivity contribution is 0.0991. The minimum atomic E-state index is -0.590. The van der Waals surface area contributed by atoms with E-state index in [-0.39, 0.29) is 5.82 Å². The Balaban J connectivity index is 1.81. The van der Waals surface area contributed by atoms with Gasteiger partial charge in [0.05, 0.1) is 11.8 Å². The molecule has 21 heavy (non-hydrogen) atoms. The summed E-state index contributed by atoms with van der Waals surface area (Å²) in [6, 6.07) is 6.31. The van der Waals surface area contributed by atoms with Gasteiger partial charge in [0.1, 0.15) is 5.82 Å². The van der Waals surface area contributed by atoms with Gasteiger partial charge in [0, 0.05) is 29.6 Å². The fourth-order valence-electron chi connectivity index (χ4n) is 2.40. The van der Waals surface area contributed by atoms with Crippen molar-refractivity contribution in [2.75, 3.05) is 0 Å². The predicted octanol–water partition coefficient (Wildman–Crippen LogP) is 3.42. The van der Waals surface area contributed by atoms with E-state index >= 15 is 0 Å². The smallest absolute Gasteiger partial charge is 0.193 e. The first-order chi connectivity index (χ1) is 9.96. The van der Waals surface area contributed by atoms with Crippen molar-refractivity contribution >= 4 is 16.3 Å². The molecule has 0 saturated heterocycles. The van der Waals surface area contributed by atoms with Crippen molar-refractivity contribution in [2.45, 2.75) is 31.8 Å². The van der Waals surface area contributed by atoms with Crippen LogP contribution < -0.4 is 0 Å². The Morgan fingerprint density at radius 3 is 2.71 bits per heavy atom. The number of benzene rings is 1. The molecule has 3 nitrogen and oxygen atoms in total. The Morgan fingerprint density at radius 2 is 2.05 bits per heavy atom. The molecule has 0 saturated carbocycles. The van der Waals surface area contributed by atoms with Gasteiger partial charge in [-0.3, -0.25) is 4.40 Å². The summed E-state index contributed by atoms with van der Waals surface area (Å²) < 4.78 is 15.0. The van der Waals surface area contributed by atoms with Crippen molar-refractivity contribution in [1.82, 2.24) is 9.38 Å². The van der Waals surface area contributed by atoms with Crippen LogP contribution in [0.3, 0.4) is 0 Å². The molecule has 0 aliphatic carbocycles. The highest BCUT2D eigenvalue weighted by molar-refractivity contribution is 7.15. The fourth-order valence-corrected chi connectivity index (χ4v) is 3.12. The first-order valence-electron chi connectivity index (χ1n) is 6.82. The number of aliphatic hydroxyl groups is 1. The molecule has 1 N–H and O–H groups in total. The SMILES string of the molecule is CC(C)(c1ccc(F)cc1)C(O)Cc1cn2ccsc2n1. The minimum Gasteiger partial charge on any atom is -0.392 e. The number of fused-ring (bicyclic) bond motifs is 1. The van der Waals surface area contributed by atoms with E-state index in [1.165, 1.54) is 12.1 Å². The average molecular weight is 304 g/mol. The van der Waals surface area contributed by atoms with Crippen LogP contribution in [0.15, 0.2) is 42.0 Å². The van der Waals surface area contributed by atoms with Gasteiger partial charge in [-0.1, -0.05) is 26.0 Å². The highest BCUT2D eigenvalue weighted by Gasteiger charge is 2.30. The molecule has 0 aliphatic heterocycles. The van der Waals surface area contributed by atoms with Gasteiger partial charge >= 0.3 is 0 Å². The summed E-state index contributed by atoms with van der Waals surface area (Å²) in [7, 11) is 0. The van der Waals surface area contributed by atoms with Gasteiger partial charge in [0.15, 0.2) is 4.96 Å². The van der Waals surface area contributed by atoms with Crippen molar-refractivity contribution < 1.29 is 9.50 Å². The molecule has 0 bridgehead atoms. The summed E-state index contributed by atoms with van der Waals surface area (Å²) in [6.07, 6.45) is 3.77. The van der Waals surface area contributed by atoms with Crippen molar-refractivity contribution in [2.24, 2.45) is 0 Å². The summed E-state index contributed by atoms with van der Waals surface area (Å²) in [5.74, 6) is -0.265. The van der Waals surface area contributed by atoms with Crippen LogP contribution in [0.25, 0.3) is 4.96 Å². The van der Waals surface area contributed by atoms with Gasteiger partial charge in [0.2, 0.25) is 0 Å². The number of hydrogen-bond donors (Lipinski definition) is 1. The third-order valence-corrected chi connectivity index (χ3v) is 4.74. The molecule has 5 heteroatoms. The highest BCUT2D eigenvalue weighted by atomic mass is 32.1. The van der Waals surface area contributed by atoms with Crippen molar-refractivity contribution in [3.63, 3.8) is 0 Å². The molecule has 1 atom stereocenters. The van der Waals surface area contributed by atoms with Gasteiger partial charge in [0.25, 0.3) is 0 Å². The van der Waals surface area contributed by atoms with E-state index in [9.17, 15) is 9.50 Å². The maximum Gasteiger partial charge on any atom is 0.193 e. The number of imidazole rings is 1. The Labute approximate surface area is 126 Å². The summed E-state index contributed by atoms with van der Waals surface area (Å²) in [5.41, 5.74) is 1.31. The van der Waals surface area contributed by atoms with Crippen molar-refractivity contribution in [3.8, 4) is 0 Å². The minimum absolute atomic E-state index is 0.265. The summed E-state index contributed by atoms with van der Waals surface area (Å²) >= 11 is 1.57. The van der Waals surface area contributed by atoms with Crippen LogP contribution >= 0.6 is 11.3 Å². The number of halogens is 1. The molecule has 3 aromatic rings. The van der Waals surface area contributed by atoms with Gasteiger partial charge in [-0.2, -0.15) is 0 Å². The molecule has 2 heterocycles. The van der Waals surface area contributed by atoms with Crippen LogP contribution in [-0.4, -0.2) is 20.6 Å². The first kappa shape index (κ1) is 14.2. The largest absolute Gasteiger partial charge is 0.392 e. The number of rotatable bonds is 4. The van der Waals surface area contributed by atoms with Gasteiger partial charge in [-0.15, -0.1) is 11.3 Å². The Hall–Kier alpha value is -1.72. The lowest BCUT2D eigenvalue weighted by atomic mass is 9.78. The molecular formula is C16H17FN2OS. The highest BCUT2D eigenvalue weighted by Crippen LogP contribution is 2.29. The molecule has 0 spiro atoms. The maximum absolute atomic E-state index is 13.0. The number of nitrogens with zero attached hydrogens (tertiary/aromatic N) is 2. The number of thiazole rings is 1. The normalized spacial score (nSPS) is 13.7. The quantitative estimate of drug-likeness (QED) is 0.802. The van der Waals surface area contributed by atoms with Gasteiger partial charge in [-0.25, -0.2) is 9.37 Å². The van der Waals surface area contributed by atoms with Crippen LogP contribution in [0.2, 0.25) is 0 Å². The van der Waals surface area contributed by atoms with E-state index in [0.29, 0.717) is 6.42 Å². The van der Waals surface area contributed by atoms with E-state index in [1.54, 1.807) is 23.5 Å². The van der Waals surface area contributed by atoms with E-state index in [1.807, 2.05) is 36.0 Å². The summed E-state index contributed by atoms with van der Waals surface area (Å²) in [5, 5.41) is 12.6. The topological polar surface area (TPSA) is 37.5 Å². The fraction of sp³-hybridized carbons (Fsp3) is 0.312. The Bertz CT molecular complexity index is 717. The second-order valence-electron chi connectivity index (χ2n) is 5.77. The molecule has 3 rings (SSSR count). The van der Waals surface area contributed by atoms with Gasteiger partial charge in [-0.05, 0) is 17.7 Å². The first-order valence-corrected chi connectivity index (χ1v) is 7.70. The third-order valence-electron chi connectivity index (χ3n) is 3.97. The van der Waals surface area contributed by atoms with Gasteiger partial charge < -0.3 is 5.11 Å². The zero-order valence-electron chi connectivity index (χ0n) is 12.0. The predicted molar refractivity (Wildman–Crippen MR) is 82.2 cm³/mol. The average Bonchev–Trinajstić information content (AvgIpc) is 3.00. The molecule has 0 aliphatic rings. The zero-order chi connectivity index (χ0) is 15.0. The number of aliphatic hydroxyl groups excluding tert-OH is 1. The number of aromatic nitrogens is 2. The van der Waals surface area contributed by atoms with E-state index in [4.69, 9.17) is 0 Å². The molecule has 2 aromatic heterocycles. The standard InChI is InChI=1S/C16H17FN2OS/c1-16(2,11-3-5-12(17)6-4-11)14(20)9-13-10-19-7-8-21-15(19)18-13/h3-8,10,14,20H,9H2,1-2H3. The molecule has 0 amide bonds. The second kappa shape index (κ2) is 5.24. The van der Waals surface area contributed by atoms with Crippen LogP contribution in [0.1, 0.15) is 25.1 Å². The molecular weight excluding hydrogens is 287 g/mol. The van der Waals surface area contributed by atoms with Crippen molar-refractivity contribution in [3.05, 3.63) is 59.1 Å². The monoisotopic (exact) mass is 304 g/mol. The van der Waals surface area contributed by atoms with E-state index < -0.39 is 11.5 Å². The Kier molecular flexibility index (Phi) is 3.55. The van der Waals surface area contributed by atoms with E-state index in [2.05, 4.69) is 4.98 Å². The zero-order valence-corrected chi connectivity index (χ0v) is 12.8. The Morgan fingerprint density at radius 1 is 1.33 bits per heavy atom. The third kappa shape index (κ3) is 2.71. The molecule has 110 valence electrons. The van der Waals surface area contributed by atoms with Crippen LogP contribution in [0, 0.1) is 5.82 Å². The lowest BCUT2D eigenvalue weighted by Crippen LogP contribution is -2.35. The molecule has 1 aromatic carbocycles. The van der Waals surface area contributed by atoms with Crippen molar-refractivity contribution in [1.29, 1.82) is 0 Å². The second-order valence-corrected chi connectivity index (χ2v) is 6.65. The number of hydrogen-bond acceptors (Lipinski definition) is 3. The summed E-state index contributed by atoms with van der Waals surface area (Å²) in [6.45, 7) is 3.92. The van der Waals surface area contributed by atoms with Crippen LogP contribution in [-0.2, 0) is 11.8 Å². The summed E-state index contributed by atoms with van der Waals surface area (Å²) in [4.78, 5) is 5.42. The van der Waals surface area contributed by atoms with E-state index in [0.717, 1.165) is 16.2 Å². The molecule has 0 radical (unpaired) electrons. The lowest BCUT2D eigenvalue weighted by Gasteiger charge is -2.30.